The number of nitrogens with two attached hydrogens (primary N) is 1. The highest BCUT2D eigenvalue weighted by Gasteiger charge is 2.10. The monoisotopic (exact) mass is 244 g/mol. The number of nitrogens with zero attached hydrogens (tertiary/aromatic N) is 4. The van der Waals surface area contributed by atoms with E-state index in [2.05, 4.69) is 15.2 Å². The molecule has 0 aromatic carbocycles. The Morgan fingerprint density at radius 3 is 2.89 bits per heavy atom. The molecule has 0 radical (unpaired) electrons. The van der Waals surface area contributed by atoms with Crippen molar-refractivity contribution in [2.24, 2.45) is 5.73 Å². The van der Waals surface area contributed by atoms with Gasteiger partial charge in [0.2, 0.25) is 0 Å². The molecule has 0 saturated carbocycles. The van der Waals surface area contributed by atoms with Gasteiger partial charge in [0.1, 0.15) is 5.69 Å². The predicted octanol–water partition coefficient (Wildman–Crippen LogP) is -0.693. The van der Waals surface area contributed by atoms with Crippen LogP contribution in [-0.4, -0.2) is 30.3 Å². The molecule has 0 spiro atoms. The quantitative estimate of drug-likeness (QED) is 0.621. The van der Waals surface area contributed by atoms with Gasteiger partial charge in [-0.15, -0.1) is 0 Å². The summed E-state index contributed by atoms with van der Waals surface area (Å²) >= 11 is 0. The minimum atomic E-state index is -0.564. The van der Waals surface area contributed by atoms with E-state index in [1.165, 1.54) is 40.1 Å². The maximum Gasteiger partial charge on any atom is 0.251 e. The molecule has 0 aliphatic heterocycles. The second-order valence-electron chi connectivity index (χ2n) is 3.67. The molecule has 8 heteroatoms. The lowest BCUT2D eigenvalue weighted by Gasteiger charge is -1.97. The highest BCUT2D eigenvalue weighted by molar-refractivity contribution is 5.92. The third-order valence-corrected chi connectivity index (χ3v) is 2.50. The van der Waals surface area contributed by atoms with Gasteiger partial charge < -0.3 is 10.7 Å². The number of hydrogen-bond acceptors (Lipinski definition) is 4. The summed E-state index contributed by atoms with van der Waals surface area (Å²) in [7, 11) is 0. The van der Waals surface area contributed by atoms with Crippen LogP contribution in [-0.2, 0) is 0 Å². The molecular formula is C10H8N6O2. The number of carbonyl (C=O) groups excluding carboxylic acids is 1. The van der Waals surface area contributed by atoms with Crippen LogP contribution in [0.4, 0.5) is 0 Å². The lowest BCUT2D eigenvalue weighted by atomic mass is 10.3. The molecule has 3 aromatic rings. The minimum Gasteiger partial charge on any atom is -0.366 e. The topological polar surface area (TPSA) is 111 Å². The second kappa shape index (κ2) is 3.55. The van der Waals surface area contributed by atoms with E-state index in [-0.39, 0.29) is 11.1 Å². The summed E-state index contributed by atoms with van der Waals surface area (Å²) in [5.74, 6) is -0.564. The van der Waals surface area contributed by atoms with Crippen LogP contribution in [0.2, 0.25) is 0 Å². The summed E-state index contributed by atoms with van der Waals surface area (Å²) in [4.78, 5) is 24.9. The van der Waals surface area contributed by atoms with Crippen LogP contribution in [0.25, 0.3) is 11.3 Å². The van der Waals surface area contributed by atoms with Crippen molar-refractivity contribution in [3.8, 4) is 5.69 Å². The van der Waals surface area contributed by atoms with E-state index < -0.39 is 5.91 Å². The van der Waals surface area contributed by atoms with E-state index >= 15 is 0 Å². The Kier molecular flexibility index (Phi) is 2.03. The molecule has 0 aliphatic rings. The van der Waals surface area contributed by atoms with Gasteiger partial charge in [0.15, 0.2) is 5.65 Å². The van der Waals surface area contributed by atoms with E-state index in [0.717, 1.165) is 0 Å². The Labute approximate surface area is 99.6 Å². The fourth-order valence-corrected chi connectivity index (χ4v) is 1.63. The first kappa shape index (κ1) is 10.3. The van der Waals surface area contributed by atoms with E-state index in [9.17, 15) is 9.59 Å². The summed E-state index contributed by atoms with van der Waals surface area (Å²) in [6.45, 7) is 0. The zero-order valence-corrected chi connectivity index (χ0v) is 9.07. The molecule has 0 aliphatic carbocycles. The Hall–Kier alpha value is -2.90. The smallest absolute Gasteiger partial charge is 0.251 e. The zero-order valence-electron chi connectivity index (χ0n) is 9.07. The largest absolute Gasteiger partial charge is 0.366 e. The van der Waals surface area contributed by atoms with Crippen molar-refractivity contribution in [2.75, 3.05) is 0 Å². The third kappa shape index (κ3) is 1.47. The van der Waals surface area contributed by atoms with Crippen LogP contribution < -0.4 is 11.3 Å². The molecule has 0 atom stereocenters. The first-order valence-electron chi connectivity index (χ1n) is 5.06. The van der Waals surface area contributed by atoms with E-state index in [4.69, 9.17) is 5.73 Å². The summed E-state index contributed by atoms with van der Waals surface area (Å²) in [5, 5.41) is 8.06. The molecule has 3 aromatic heterocycles. The number of rotatable bonds is 2. The Bertz CT molecular complexity index is 796. The van der Waals surface area contributed by atoms with Crippen LogP contribution >= 0.6 is 0 Å². The fourth-order valence-electron chi connectivity index (χ4n) is 1.63. The number of hydrogen-bond donors (Lipinski definition) is 2. The van der Waals surface area contributed by atoms with Gasteiger partial charge in [-0.3, -0.25) is 9.59 Å². The Morgan fingerprint density at radius 1 is 1.33 bits per heavy atom. The van der Waals surface area contributed by atoms with Crippen LogP contribution in [0.15, 0.2) is 35.6 Å². The summed E-state index contributed by atoms with van der Waals surface area (Å²) < 4.78 is 2.93. The van der Waals surface area contributed by atoms with E-state index in [1.54, 1.807) is 0 Å². The number of aromatic nitrogens is 5. The minimum absolute atomic E-state index is 0.244. The fraction of sp³-hybridized carbons (Fsp3) is 0. The zero-order chi connectivity index (χ0) is 12.7. The van der Waals surface area contributed by atoms with Gasteiger partial charge in [-0.2, -0.15) is 10.2 Å². The lowest BCUT2D eigenvalue weighted by molar-refractivity contribution is 0.100. The number of aromatic amines is 1. The van der Waals surface area contributed by atoms with Gasteiger partial charge in [-0.05, 0) is 0 Å². The number of carbonyl (C=O) groups is 1. The molecule has 1 amide bonds. The van der Waals surface area contributed by atoms with Gasteiger partial charge in [0.25, 0.3) is 11.5 Å². The molecule has 8 nitrogen and oxygen atoms in total. The molecule has 3 rings (SSSR count). The van der Waals surface area contributed by atoms with Crippen LogP contribution in [0.5, 0.6) is 0 Å². The molecular weight excluding hydrogens is 236 g/mol. The van der Waals surface area contributed by atoms with Crippen molar-refractivity contribution in [2.45, 2.75) is 0 Å². The van der Waals surface area contributed by atoms with Crippen LogP contribution in [0.1, 0.15) is 10.4 Å². The number of fused-ring (bicyclic) bond motifs is 1. The maximum absolute atomic E-state index is 11.3. The summed E-state index contributed by atoms with van der Waals surface area (Å²) in [5.41, 5.74) is 6.23. The standard InChI is InChI=1S/C10H8N6O2/c11-9(18)6-3-12-16(5-6)7-4-13-15-2-1-8(17)14-10(7)15/h1-5H,(H2,11,18)(H,14,17). The summed E-state index contributed by atoms with van der Waals surface area (Å²) in [6.07, 6.45) is 5.90. The molecule has 0 bridgehead atoms. The molecule has 0 fully saturated rings. The molecule has 90 valence electrons. The normalized spacial score (nSPS) is 10.9. The van der Waals surface area contributed by atoms with E-state index in [1.807, 2.05) is 0 Å². The third-order valence-electron chi connectivity index (χ3n) is 2.50. The van der Waals surface area contributed by atoms with Crippen molar-refractivity contribution in [1.29, 1.82) is 0 Å². The average molecular weight is 244 g/mol. The Balaban J connectivity index is 2.21. The number of nitrogens with one attached hydrogen (secondary N) is 1. The van der Waals surface area contributed by atoms with Gasteiger partial charge in [-0.25, -0.2) is 9.20 Å². The first-order chi connectivity index (χ1) is 8.65. The highest BCUT2D eigenvalue weighted by Crippen LogP contribution is 2.11. The van der Waals surface area contributed by atoms with Gasteiger partial charge >= 0.3 is 0 Å². The second-order valence-corrected chi connectivity index (χ2v) is 3.67. The molecule has 0 saturated heterocycles. The summed E-state index contributed by atoms with van der Waals surface area (Å²) in [6, 6.07) is 1.36. The number of H-pyrrole nitrogens is 1. The van der Waals surface area contributed by atoms with Crippen molar-refractivity contribution in [3.63, 3.8) is 0 Å². The van der Waals surface area contributed by atoms with Gasteiger partial charge in [0.05, 0.1) is 18.0 Å². The number of amides is 1. The van der Waals surface area contributed by atoms with Gasteiger partial charge in [0, 0.05) is 18.5 Å². The van der Waals surface area contributed by atoms with Gasteiger partial charge in [-0.1, -0.05) is 0 Å². The molecule has 0 unspecified atom stereocenters. The lowest BCUT2D eigenvalue weighted by Crippen LogP contribution is -2.09. The van der Waals surface area contributed by atoms with Crippen molar-refractivity contribution < 1.29 is 4.79 Å². The van der Waals surface area contributed by atoms with Crippen LogP contribution in [0, 0.1) is 0 Å². The average Bonchev–Trinajstić information content (AvgIpc) is 2.93. The Morgan fingerprint density at radius 2 is 2.17 bits per heavy atom. The highest BCUT2D eigenvalue weighted by atomic mass is 16.1. The van der Waals surface area contributed by atoms with Crippen molar-refractivity contribution in [1.82, 2.24) is 24.4 Å². The SMILES string of the molecule is NC(=O)c1cnn(-c2cnn3ccc(=O)[nH]c23)c1. The number of primary amides is 1. The molecule has 3 N–H and O–H groups in total. The van der Waals surface area contributed by atoms with Crippen molar-refractivity contribution >= 4 is 11.6 Å². The van der Waals surface area contributed by atoms with Crippen LogP contribution in [0.3, 0.4) is 0 Å². The predicted molar refractivity (Wildman–Crippen MR) is 61.5 cm³/mol. The first-order valence-corrected chi connectivity index (χ1v) is 5.06. The van der Waals surface area contributed by atoms with E-state index in [0.29, 0.717) is 11.3 Å². The molecule has 18 heavy (non-hydrogen) atoms. The van der Waals surface area contributed by atoms with Crippen molar-refractivity contribution in [3.05, 3.63) is 46.8 Å². The molecule has 3 heterocycles. The maximum atomic E-state index is 11.3.